The summed E-state index contributed by atoms with van der Waals surface area (Å²) in [7, 11) is 0. The molecule has 29 heavy (non-hydrogen) atoms. The van der Waals surface area contributed by atoms with E-state index in [0.717, 1.165) is 32.4 Å². The van der Waals surface area contributed by atoms with Crippen LogP contribution in [0.15, 0.2) is 24.3 Å². The van der Waals surface area contributed by atoms with Crippen molar-refractivity contribution in [3.63, 3.8) is 0 Å². The second kappa shape index (κ2) is 11.2. The van der Waals surface area contributed by atoms with Gasteiger partial charge in [-0.25, -0.2) is 4.79 Å². The van der Waals surface area contributed by atoms with E-state index >= 15 is 0 Å². The van der Waals surface area contributed by atoms with Gasteiger partial charge < -0.3 is 20.3 Å². The number of anilines is 1. The summed E-state index contributed by atoms with van der Waals surface area (Å²) in [6, 6.07) is 6.89. The Morgan fingerprint density at radius 2 is 1.69 bits per heavy atom. The Balaban J connectivity index is 1.38. The number of likely N-dealkylation sites (tertiary alicyclic amines) is 1. The molecule has 2 fully saturated rings. The molecule has 3 amide bonds. The van der Waals surface area contributed by atoms with Crippen molar-refractivity contribution in [2.24, 2.45) is 5.92 Å². The van der Waals surface area contributed by atoms with Gasteiger partial charge in [0, 0.05) is 30.9 Å². The third-order valence-electron chi connectivity index (χ3n) is 6.04. The van der Waals surface area contributed by atoms with Gasteiger partial charge in [0.2, 0.25) is 0 Å². The molecule has 2 unspecified atom stereocenters. The number of benzene rings is 1. The summed E-state index contributed by atoms with van der Waals surface area (Å²) >= 11 is 0. The predicted molar refractivity (Wildman–Crippen MR) is 115 cm³/mol. The lowest BCUT2D eigenvalue weighted by atomic mass is 9.88. The lowest BCUT2D eigenvalue weighted by Crippen LogP contribution is -2.34. The Bertz CT molecular complexity index is 654. The second-order valence-electron chi connectivity index (χ2n) is 8.34. The molecule has 0 aromatic heterocycles. The van der Waals surface area contributed by atoms with Gasteiger partial charge in [-0.05, 0) is 55.9 Å². The summed E-state index contributed by atoms with van der Waals surface area (Å²) in [6.45, 7) is 4.93. The first-order chi connectivity index (χ1) is 14.1. The summed E-state index contributed by atoms with van der Waals surface area (Å²) in [5.74, 6) is 0.685. The Morgan fingerprint density at radius 3 is 2.38 bits per heavy atom. The Kier molecular flexibility index (Phi) is 8.35. The quantitative estimate of drug-likeness (QED) is 0.693. The van der Waals surface area contributed by atoms with Crippen molar-refractivity contribution in [3.8, 4) is 0 Å². The number of nitrogens with one attached hydrogen (secondary N) is 2. The third kappa shape index (κ3) is 6.74. The molecule has 1 saturated carbocycles. The lowest BCUT2D eigenvalue weighted by Gasteiger charge is -2.28. The molecule has 0 radical (unpaired) electrons. The van der Waals surface area contributed by atoms with Crippen LogP contribution in [0.4, 0.5) is 10.5 Å². The second-order valence-corrected chi connectivity index (χ2v) is 8.34. The summed E-state index contributed by atoms with van der Waals surface area (Å²) in [6.07, 6.45) is 9.76. The van der Waals surface area contributed by atoms with Crippen molar-refractivity contribution in [1.82, 2.24) is 10.2 Å². The fraction of sp³-hybridized carbons (Fsp3) is 0.652. The maximum Gasteiger partial charge on any atom is 0.319 e. The van der Waals surface area contributed by atoms with Crippen LogP contribution in [0, 0.1) is 5.92 Å². The maximum atomic E-state index is 12.6. The van der Waals surface area contributed by atoms with Crippen LogP contribution in [0.25, 0.3) is 0 Å². The standard InChI is InChI=1S/C23H35N3O3/c1-18-8-4-5-9-21(18)29-17-14-24-23(28)25-20-12-10-19(11-13-20)22(27)26-15-6-2-3-7-16-26/h10-13,18,21H,2-9,14-17H2,1H3,(H2,24,25,28). The largest absolute Gasteiger partial charge is 0.376 e. The minimum Gasteiger partial charge on any atom is -0.376 e. The van der Waals surface area contributed by atoms with Crippen LogP contribution in [0.5, 0.6) is 0 Å². The van der Waals surface area contributed by atoms with E-state index in [1.165, 1.54) is 32.1 Å². The summed E-state index contributed by atoms with van der Waals surface area (Å²) in [4.78, 5) is 26.6. The van der Waals surface area contributed by atoms with Crippen molar-refractivity contribution in [2.75, 3.05) is 31.6 Å². The van der Waals surface area contributed by atoms with Crippen molar-refractivity contribution >= 4 is 17.6 Å². The van der Waals surface area contributed by atoms with Gasteiger partial charge in [0.25, 0.3) is 5.91 Å². The minimum atomic E-state index is -0.253. The number of carbonyl (C=O) groups excluding carboxylic acids is 2. The highest BCUT2D eigenvalue weighted by Crippen LogP contribution is 2.26. The number of hydrogen-bond acceptors (Lipinski definition) is 3. The number of ether oxygens (including phenoxy) is 1. The van der Waals surface area contributed by atoms with Gasteiger partial charge in [-0.1, -0.05) is 32.6 Å². The summed E-state index contributed by atoms with van der Waals surface area (Å²) < 4.78 is 5.92. The average Bonchev–Trinajstić information content (AvgIpc) is 3.02. The lowest BCUT2D eigenvalue weighted by molar-refractivity contribution is -0.00232. The molecular weight excluding hydrogens is 366 g/mol. The van der Waals surface area contributed by atoms with E-state index in [4.69, 9.17) is 4.74 Å². The molecule has 1 aliphatic heterocycles. The number of rotatable bonds is 6. The Morgan fingerprint density at radius 1 is 1.00 bits per heavy atom. The molecule has 0 bridgehead atoms. The highest BCUT2D eigenvalue weighted by atomic mass is 16.5. The fourth-order valence-electron chi connectivity index (χ4n) is 4.23. The van der Waals surface area contributed by atoms with E-state index < -0.39 is 0 Å². The van der Waals surface area contributed by atoms with Crippen LogP contribution in [-0.4, -0.2) is 49.2 Å². The molecule has 2 aliphatic rings. The van der Waals surface area contributed by atoms with E-state index in [-0.39, 0.29) is 11.9 Å². The Hall–Kier alpha value is -2.08. The van der Waals surface area contributed by atoms with Gasteiger partial charge >= 0.3 is 6.03 Å². The highest BCUT2D eigenvalue weighted by Gasteiger charge is 2.21. The molecule has 0 spiro atoms. The smallest absolute Gasteiger partial charge is 0.319 e. The number of hydrogen-bond donors (Lipinski definition) is 2. The van der Waals surface area contributed by atoms with Crippen LogP contribution in [0.3, 0.4) is 0 Å². The molecule has 6 heteroatoms. The molecule has 6 nitrogen and oxygen atoms in total. The van der Waals surface area contributed by atoms with E-state index in [9.17, 15) is 9.59 Å². The molecule has 1 aromatic carbocycles. The first kappa shape index (κ1) is 21.6. The molecular formula is C23H35N3O3. The minimum absolute atomic E-state index is 0.0805. The number of urea groups is 1. The van der Waals surface area contributed by atoms with Gasteiger partial charge in [0.05, 0.1) is 12.7 Å². The summed E-state index contributed by atoms with van der Waals surface area (Å²) in [5.41, 5.74) is 1.35. The van der Waals surface area contributed by atoms with E-state index in [0.29, 0.717) is 36.4 Å². The van der Waals surface area contributed by atoms with Crippen molar-refractivity contribution in [3.05, 3.63) is 29.8 Å². The van der Waals surface area contributed by atoms with Crippen LogP contribution in [0.1, 0.15) is 68.6 Å². The first-order valence-corrected chi connectivity index (χ1v) is 11.2. The van der Waals surface area contributed by atoms with E-state index in [1.54, 1.807) is 24.3 Å². The molecule has 160 valence electrons. The zero-order valence-electron chi connectivity index (χ0n) is 17.6. The molecule has 2 atom stereocenters. The van der Waals surface area contributed by atoms with Gasteiger partial charge in [-0.2, -0.15) is 0 Å². The molecule has 1 saturated heterocycles. The Labute approximate surface area is 174 Å². The third-order valence-corrected chi connectivity index (χ3v) is 6.04. The monoisotopic (exact) mass is 401 g/mol. The highest BCUT2D eigenvalue weighted by molar-refractivity contribution is 5.95. The SMILES string of the molecule is CC1CCCCC1OCCNC(=O)Nc1ccc(C(=O)N2CCCCCC2)cc1. The number of amides is 3. The zero-order chi connectivity index (χ0) is 20.5. The molecule has 1 aliphatic carbocycles. The molecule has 3 rings (SSSR count). The van der Waals surface area contributed by atoms with E-state index in [1.807, 2.05) is 4.90 Å². The zero-order valence-corrected chi connectivity index (χ0v) is 17.6. The number of carbonyl (C=O) groups is 2. The molecule has 1 aromatic rings. The van der Waals surface area contributed by atoms with Crippen molar-refractivity contribution in [2.45, 2.75) is 64.4 Å². The van der Waals surface area contributed by atoms with Gasteiger partial charge in [-0.3, -0.25) is 4.79 Å². The van der Waals surface area contributed by atoms with Crippen molar-refractivity contribution < 1.29 is 14.3 Å². The first-order valence-electron chi connectivity index (χ1n) is 11.2. The van der Waals surface area contributed by atoms with Crippen LogP contribution in [0.2, 0.25) is 0 Å². The molecule has 1 heterocycles. The van der Waals surface area contributed by atoms with Gasteiger partial charge in [0.15, 0.2) is 0 Å². The van der Waals surface area contributed by atoms with Gasteiger partial charge in [0.1, 0.15) is 0 Å². The maximum absolute atomic E-state index is 12.6. The normalized spacial score (nSPS) is 22.6. The predicted octanol–water partition coefficient (Wildman–Crippen LogP) is 4.42. The average molecular weight is 402 g/mol. The van der Waals surface area contributed by atoms with Crippen LogP contribution >= 0.6 is 0 Å². The molecule has 2 N–H and O–H groups in total. The van der Waals surface area contributed by atoms with Gasteiger partial charge in [-0.15, -0.1) is 0 Å². The fourth-order valence-corrected chi connectivity index (χ4v) is 4.23. The topological polar surface area (TPSA) is 70.7 Å². The van der Waals surface area contributed by atoms with E-state index in [2.05, 4.69) is 17.6 Å². The summed E-state index contributed by atoms with van der Waals surface area (Å²) in [5, 5.41) is 5.65. The van der Waals surface area contributed by atoms with Crippen molar-refractivity contribution in [1.29, 1.82) is 0 Å². The van der Waals surface area contributed by atoms with Crippen LogP contribution in [-0.2, 0) is 4.74 Å². The van der Waals surface area contributed by atoms with Crippen LogP contribution < -0.4 is 10.6 Å². The number of nitrogens with zero attached hydrogens (tertiary/aromatic N) is 1.